The smallest absolute Gasteiger partial charge is 0.357 e. The quantitative estimate of drug-likeness (QED) is 0.691. The van der Waals surface area contributed by atoms with E-state index >= 15 is 0 Å². The van der Waals surface area contributed by atoms with Gasteiger partial charge in [0.15, 0.2) is 5.82 Å². The van der Waals surface area contributed by atoms with Crippen LogP contribution in [0.4, 0.5) is 0 Å². The SMILES string of the molecule is O=C1N=NOC1c1ncccn1.[Co+2]. The Kier molecular flexibility index (Phi) is 3.04. The Hall–Kier alpha value is -1.34. The second-order valence-corrected chi connectivity index (χ2v) is 2.11. The molecule has 2 heterocycles. The first-order chi connectivity index (χ1) is 5.88. The van der Waals surface area contributed by atoms with Crippen molar-refractivity contribution in [1.82, 2.24) is 9.97 Å². The van der Waals surface area contributed by atoms with Crippen LogP contribution < -0.4 is 0 Å². The zero-order valence-electron chi connectivity index (χ0n) is 6.25. The first-order valence-electron chi connectivity index (χ1n) is 3.25. The van der Waals surface area contributed by atoms with Crippen LogP contribution in [0, 0.1) is 0 Å². The molecule has 7 heteroatoms. The predicted octanol–water partition coefficient (Wildman–Crippen LogP) is 0.439. The minimum Gasteiger partial charge on any atom is -0.357 e. The summed E-state index contributed by atoms with van der Waals surface area (Å²) in [4.78, 5) is 23.2. The van der Waals surface area contributed by atoms with Gasteiger partial charge < -0.3 is 4.84 Å². The van der Waals surface area contributed by atoms with Crippen molar-refractivity contribution < 1.29 is 26.4 Å². The van der Waals surface area contributed by atoms with E-state index in [9.17, 15) is 4.79 Å². The van der Waals surface area contributed by atoms with Crippen LogP contribution in [0.1, 0.15) is 11.9 Å². The van der Waals surface area contributed by atoms with Gasteiger partial charge in [0.2, 0.25) is 0 Å². The summed E-state index contributed by atoms with van der Waals surface area (Å²) < 4.78 is 0. The van der Waals surface area contributed by atoms with E-state index in [1.54, 1.807) is 6.07 Å². The van der Waals surface area contributed by atoms with Gasteiger partial charge in [0.25, 0.3) is 6.10 Å². The van der Waals surface area contributed by atoms with E-state index in [1.807, 2.05) is 0 Å². The number of hydrogen-bond acceptors (Lipinski definition) is 5. The van der Waals surface area contributed by atoms with Gasteiger partial charge in [0.05, 0.1) is 0 Å². The zero-order valence-corrected chi connectivity index (χ0v) is 7.29. The van der Waals surface area contributed by atoms with E-state index in [1.165, 1.54) is 12.4 Å². The molecule has 0 aliphatic carbocycles. The van der Waals surface area contributed by atoms with Crippen LogP contribution in [-0.2, 0) is 26.4 Å². The minimum atomic E-state index is -0.855. The summed E-state index contributed by atoms with van der Waals surface area (Å²) in [7, 11) is 0. The standard InChI is InChI=1S/C6H4N4O2.Co/c11-6-4(12-10-9-6)5-7-2-1-3-8-5;/h1-4H;/q;+2. The number of carbonyl (C=O) groups excluding carboxylic acids is 1. The third kappa shape index (κ3) is 1.87. The molecule has 0 fully saturated rings. The molecule has 1 radical (unpaired) electrons. The summed E-state index contributed by atoms with van der Waals surface area (Å²) >= 11 is 0. The Morgan fingerprint density at radius 2 is 2.00 bits per heavy atom. The van der Waals surface area contributed by atoms with Gasteiger partial charge in [-0.05, 0) is 6.07 Å². The van der Waals surface area contributed by atoms with E-state index in [4.69, 9.17) is 0 Å². The molecule has 0 saturated carbocycles. The van der Waals surface area contributed by atoms with Crippen molar-refractivity contribution in [3.63, 3.8) is 0 Å². The molecule has 1 unspecified atom stereocenters. The molecule has 1 aromatic heterocycles. The summed E-state index contributed by atoms with van der Waals surface area (Å²) in [6.45, 7) is 0. The van der Waals surface area contributed by atoms with Gasteiger partial charge in [-0.15, -0.1) is 0 Å². The summed E-state index contributed by atoms with van der Waals surface area (Å²) in [5.41, 5.74) is 0. The molecule has 13 heavy (non-hydrogen) atoms. The van der Waals surface area contributed by atoms with Crippen molar-refractivity contribution in [3.8, 4) is 0 Å². The molecule has 0 saturated heterocycles. The van der Waals surface area contributed by atoms with Gasteiger partial charge >= 0.3 is 22.7 Å². The van der Waals surface area contributed by atoms with Gasteiger partial charge in [0, 0.05) is 17.7 Å². The molecule has 1 aliphatic rings. The largest absolute Gasteiger partial charge is 2.00 e. The van der Waals surface area contributed by atoms with E-state index in [2.05, 4.69) is 25.2 Å². The fourth-order valence-electron chi connectivity index (χ4n) is 0.812. The molecule has 1 amide bonds. The monoisotopic (exact) mass is 223 g/mol. The van der Waals surface area contributed by atoms with Crippen LogP contribution in [0.3, 0.4) is 0 Å². The topological polar surface area (TPSA) is 76.8 Å². The van der Waals surface area contributed by atoms with Crippen molar-refractivity contribution in [2.24, 2.45) is 10.4 Å². The first-order valence-corrected chi connectivity index (χ1v) is 3.25. The van der Waals surface area contributed by atoms with Gasteiger partial charge in [0.1, 0.15) is 0 Å². The Bertz CT molecular complexity index is 329. The number of rotatable bonds is 1. The Labute approximate surface area is 83.6 Å². The predicted molar refractivity (Wildman–Crippen MR) is 35.7 cm³/mol. The zero-order chi connectivity index (χ0) is 8.39. The molecule has 0 spiro atoms. The number of carbonyl (C=O) groups is 1. The second-order valence-electron chi connectivity index (χ2n) is 2.11. The Morgan fingerprint density at radius 3 is 2.54 bits per heavy atom. The Morgan fingerprint density at radius 1 is 1.31 bits per heavy atom. The second kappa shape index (κ2) is 4.05. The van der Waals surface area contributed by atoms with Crippen LogP contribution >= 0.6 is 0 Å². The maximum absolute atomic E-state index is 10.9. The maximum atomic E-state index is 10.9. The molecular formula is C6H4CoN4O2+2. The molecule has 67 valence electrons. The fraction of sp³-hybridized carbons (Fsp3) is 0.167. The van der Waals surface area contributed by atoms with Gasteiger partial charge in [-0.2, -0.15) is 0 Å². The molecule has 0 N–H and O–H groups in total. The molecule has 6 nitrogen and oxygen atoms in total. The van der Waals surface area contributed by atoms with Crippen molar-refractivity contribution >= 4 is 5.91 Å². The van der Waals surface area contributed by atoms with Crippen molar-refractivity contribution in [2.75, 3.05) is 0 Å². The molecule has 1 aliphatic heterocycles. The summed E-state index contributed by atoms with van der Waals surface area (Å²) in [5.74, 6) is -0.186. The van der Waals surface area contributed by atoms with E-state index in [0.29, 0.717) is 0 Å². The molecule has 1 atom stereocenters. The molecular weight excluding hydrogens is 219 g/mol. The summed E-state index contributed by atoms with van der Waals surface area (Å²) in [6, 6.07) is 1.65. The third-order valence-electron chi connectivity index (χ3n) is 1.34. The maximum Gasteiger partial charge on any atom is 2.00 e. The van der Waals surface area contributed by atoms with Crippen molar-refractivity contribution in [2.45, 2.75) is 6.10 Å². The molecule has 0 aromatic carbocycles. The number of amides is 1. The average molecular weight is 223 g/mol. The minimum absolute atomic E-state index is 0. The normalized spacial score (nSPS) is 19.4. The van der Waals surface area contributed by atoms with E-state index in [-0.39, 0.29) is 22.6 Å². The summed E-state index contributed by atoms with van der Waals surface area (Å²) in [6.07, 6.45) is 2.19. The van der Waals surface area contributed by atoms with Gasteiger partial charge in [-0.25, -0.2) is 9.97 Å². The number of nitrogens with zero attached hydrogens (tertiary/aromatic N) is 4. The number of hydrogen-bond donors (Lipinski definition) is 0. The fourth-order valence-corrected chi connectivity index (χ4v) is 0.812. The molecule has 1 aromatic rings. The van der Waals surface area contributed by atoms with Gasteiger partial charge in [-0.1, -0.05) is 5.11 Å². The van der Waals surface area contributed by atoms with Crippen LogP contribution in [0.15, 0.2) is 28.9 Å². The van der Waals surface area contributed by atoms with Crippen LogP contribution in [0.5, 0.6) is 0 Å². The molecule has 0 bridgehead atoms. The Balaban J connectivity index is 0.000000845. The van der Waals surface area contributed by atoms with Crippen molar-refractivity contribution in [3.05, 3.63) is 24.3 Å². The first kappa shape index (κ1) is 9.74. The van der Waals surface area contributed by atoms with Gasteiger partial charge in [-0.3, -0.25) is 4.79 Å². The van der Waals surface area contributed by atoms with Crippen molar-refractivity contribution in [1.29, 1.82) is 0 Å². The molecule has 2 rings (SSSR count). The van der Waals surface area contributed by atoms with Crippen LogP contribution in [-0.4, -0.2) is 15.9 Å². The van der Waals surface area contributed by atoms with E-state index in [0.717, 1.165) is 0 Å². The third-order valence-corrected chi connectivity index (χ3v) is 1.34. The number of aromatic nitrogens is 2. The average Bonchev–Trinajstić information content (AvgIpc) is 2.53. The van der Waals surface area contributed by atoms with Crippen LogP contribution in [0.25, 0.3) is 0 Å². The van der Waals surface area contributed by atoms with Crippen LogP contribution in [0.2, 0.25) is 0 Å². The van der Waals surface area contributed by atoms with E-state index < -0.39 is 12.0 Å². The summed E-state index contributed by atoms with van der Waals surface area (Å²) in [5, 5.41) is 6.30.